The first-order valence-corrected chi connectivity index (χ1v) is 13.1. The molecule has 3 N–H and O–H groups in total. The molecule has 11 heteroatoms. The first-order valence-electron chi connectivity index (χ1n) is 13.1. The van der Waals surface area contributed by atoms with Gasteiger partial charge in [-0.15, -0.1) is 0 Å². The second-order valence-corrected chi connectivity index (χ2v) is 10.1. The first kappa shape index (κ1) is 24.5. The molecule has 2 saturated carbocycles. The lowest BCUT2D eigenvalue weighted by Crippen LogP contribution is -2.44. The number of H-pyrrole nitrogens is 1. The van der Waals surface area contributed by atoms with Gasteiger partial charge in [0.1, 0.15) is 29.9 Å². The number of nitrogens with one attached hydrogen (secondary N) is 3. The summed E-state index contributed by atoms with van der Waals surface area (Å²) in [6.07, 6.45) is 8.63. The molecule has 1 aliphatic heterocycles. The minimum absolute atomic E-state index is 0.0229. The van der Waals surface area contributed by atoms with Crippen LogP contribution in [-0.4, -0.2) is 66.0 Å². The van der Waals surface area contributed by atoms with Crippen molar-refractivity contribution in [3.05, 3.63) is 30.2 Å². The number of methoxy groups -OCH3 is 1. The van der Waals surface area contributed by atoms with Crippen LogP contribution in [0.1, 0.15) is 48.9 Å². The number of hydrogen-bond acceptors (Lipinski definition) is 8. The van der Waals surface area contributed by atoms with Crippen molar-refractivity contribution >= 4 is 22.8 Å². The summed E-state index contributed by atoms with van der Waals surface area (Å²) in [5, 5.41) is 6.12. The summed E-state index contributed by atoms with van der Waals surface area (Å²) in [6.45, 7) is 0.817. The Morgan fingerprint density at radius 2 is 1.84 bits per heavy atom. The summed E-state index contributed by atoms with van der Waals surface area (Å²) in [5.74, 6) is 2.14. The smallest absolute Gasteiger partial charge is 0.255 e. The highest BCUT2D eigenvalue weighted by molar-refractivity contribution is 6.08. The number of aromatic amines is 1. The van der Waals surface area contributed by atoms with Crippen LogP contribution in [0.3, 0.4) is 0 Å². The van der Waals surface area contributed by atoms with Crippen LogP contribution in [0.25, 0.3) is 22.3 Å². The van der Waals surface area contributed by atoms with Crippen molar-refractivity contribution < 1.29 is 28.5 Å². The van der Waals surface area contributed by atoms with E-state index in [-0.39, 0.29) is 37.3 Å². The molecule has 0 radical (unpaired) electrons. The maximum absolute atomic E-state index is 13.3. The zero-order valence-electron chi connectivity index (χ0n) is 21.2. The Balaban J connectivity index is 1.21. The fourth-order valence-electron chi connectivity index (χ4n) is 5.14. The first-order chi connectivity index (χ1) is 18.6. The Kier molecular flexibility index (Phi) is 6.75. The lowest BCUT2D eigenvalue weighted by Gasteiger charge is -2.29. The van der Waals surface area contributed by atoms with Crippen molar-refractivity contribution in [1.29, 1.82) is 0 Å². The molecule has 0 saturated heterocycles. The van der Waals surface area contributed by atoms with Gasteiger partial charge in [0.2, 0.25) is 12.7 Å². The van der Waals surface area contributed by atoms with E-state index >= 15 is 0 Å². The molecule has 11 nitrogen and oxygen atoms in total. The number of carbonyl (C=O) groups is 2. The molecule has 200 valence electrons. The molecule has 0 unspecified atom stereocenters. The van der Waals surface area contributed by atoms with E-state index in [1.54, 1.807) is 6.20 Å². The number of hydrogen-bond donors (Lipinski definition) is 3. The van der Waals surface area contributed by atoms with Gasteiger partial charge in [-0.3, -0.25) is 9.59 Å². The third kappa shape index (κ3) is 4.98. The number of fused-ring (bicyclic) bond motifs is 2. The van der Waals surface area contributed by atoms with Gasteiger partial charge in [-0.2, -0.15) is 0 Å². The molecule has 2 aliphatic carbocycles. The van der Waals surface area contributed by atoms with E-state index in [0.717, 1.165) is 25.7 Å². The van der Waals surface area contributed by atoms with Crippen molar-refractivity contribution in [3.8, 4) is 28.5 Å². The summed E-state index contributed by atoms with van der Waals surface area (Å²) in [5.41, 5.74) is 2.88. The van der Waals surface area contributed by atoms with Crippen molar-refractivity contribution in [2.75, 3.05) is 27.1 Å². The maximum Gasteiger partial charge on any atom is 0.255 e. The van der Waals surface area contributed by atoms with Crippen molar-refractivity contribution in [3.63, 3.8) is 0 Å². The predicted molar refractivity (Wildman–Crippen MR) is 137 cm³/mol. The van der Waals surface area contributed by atoms with Crippen LogP contribution in [0, 0.1) is 5.92 Å². The lowest BCUT2D eigenvalue weighted by atomic mass is 9.91. The number of rotatable bonds is 9. The van der Waals surface area contributed by atoms with Gasteiger partial charge in [0.15, 0.2) is 11.5 Å². The van der Waals surface area contributed by atoms with Gasteiger partial charge < -0.3 is 34.6 Å². The van der Waals surface area contributed by atoms with Gasteiger partial charge in [-0.1, -0.05) is 0 Å². The maximum atomic E-state index is 13.3. The largest absolute Gasteiger partial charge is 0.492 e. The topological polar surface area (TPSA) is 137 Å². The van der Waals surface area contributed by atoms with Gasteiger partial charge in [-0.25, -0.2) is 9.97 Å². The van der Waals surface area contributed by atoms with Gasteiger partial charge >= 0.3 is 0 Å². The molecular weight excluding hydrogens is 490 g/mol. The monoisotopic (exact) mass is 521 g/mol. The highest BCUT2D eigenvalue weighted by atomic mass is 16.7. The van der Waals surface area contributed by atoms with E-state index in [4.69, 9.17) is 18.9 Å². The highest BCUT2D eigenvalue weighted by Crippen LogP contribution is 2.48. The summed E-state index contributed by atoms with van der Waals surface area (Å²) in [6, 6.07) is 3.85. The van der Waals surface area contributed by atoms with Crippen LogP contribution in [0.4, 0.5) is 0 Å². The molecule has 3 aliphatic rings. The summed E-state index contributed by atoms with van der Waals surface area (Å²) in [4.78, 5) is 37.3. The molecule has 6 rings (SSSR count). The van der Waals surface area contributed by atoms with E-state index in [9.17, 15) is 9.59 Å². The van der Waals surface area contributed by atoms with E-state index in [0.29, 0.717) is 57.6 Å². The molecular formula is C27H31N5O6. The van der Waals surface area contributed by atoms with E-state index in [1.807, 2.05) is 12.1 Å². The van der Waals surface area contributed by atoms with Gasteiger partial charge in [0.05, 0.1) is 23.3 Å². The van der Waals surface area contributed by atoms with E-state index in [2.05, 4.69) is 25.6 Å². The minimum atomic E-state index is -0.198. The third-order valence-electron chi connectivity index (χ3n) is 7.32. The Bertz CT molecular complexity index is 1350. The average molecular weight is 522 g/mol. The number of carbonyl (C=O) groups excluding carboxylic acids is 2. The summed E-state index contributed by atoms with van der Waals surface area (Å²) in [7, 11) is 1.50. The molecule has 1 aromatic carbocycles. The van der Waals surface area contributed by atoms with Crippen LogP contribution in [-0.2, 0) is 9.53 Å². The summed E-state index contributed by atoms with van der Waals surface area (Å²) >= 11 is 0. The lowest BCUT2D eigenvalue weighted by molar-refractivity contribution is -0.125. The van der Waals surface area contributed by atoms with Gasteiger partial charge in [0.25, 0.3) is 5.91 Å². The number of aromatic nitrogens is 3. The average Bonchev–Trinajstić information content (AvgIpc) is 3.44. The Hall–Kier alpha value is -3.86. The van der Waals surface area contributed by atoms with Gasteiger partial charge in [0, 0.05) is 25.4 Å². The third-order valence-corrected chi connectivity index (χ3v) is 7.32. The van der Waals surface area contributed by atoms with Crippen LogP contribution < -0.4 is 24.8 Å². The number of benzene rings is 1. The molecule has 0 bridgehead atoms. The number of nitrogens with zero attached hydrogens (tertiary/aromatic N) is 2. The quantitative estimate of drug-likeness (QED) is 0.391. The zero-order valence-corrected chi connectivity index (χ0v) is 21.2. The second-order valence-electron chi connectivity index (χ2n) is 10.1. The molecule has 0 atom stereocenters. The highest BCUT2D eigenvalue weighted by Gasteiger charge is 2.30. The molecule has 0 spiro atoms. The Morgan fingerprint density at radius 3 is 2.61 bits per heavy atom. The van der Waals surface area contributed by atoms with Crippen LogP contribution >= 0.6 is 0 Å². The molecule has 3 aromatic rings. The molecule has 2 aromatic heterocycles. The fraction of sp³-hybridized carbons (Fsp3) is 0.481. The minimum Gasteiger partial charge on any atom is -0.492 e. The fourth-order valence-corrected chi connectivity index (χ4v) is 5.14. The SMILES string of the molecule is COCC(=O)N[C@H]1CC[C@@H](NC(=O)c2c[nH]c3c(-c4c(OCC5CC5)ccc5c4OCO5)ncnc23)CC1. The Labute approximate surface area is 219 Å². The summed E-state index contributed by atoms with van der Waals surface area (Å²) < 4.78 is 22.5. The van der Waals surface area contributed by atoms with Crippen LogP contribution in [0.5, 0.6) is 17.2 Å². The van der Waals surface area contributed by atoms with Crippen LogP contribution in [0.15, 0.2) is 24.7 Å². The Morgan fingerprint density at radius 1 is 1.05 bits per heavy atom. The molecule has 2 amide bonds. The normalized spacial score (nSPS) is 20.3. The van der Waals surface area contributed by atoms with E-state index in [1.165, 1.54) is 26.3 Å². The van der Waals surface area contributed by atoms with Crippen LogP contribution in [0.2, 0.25) is 0 Å². The predicted octanol–water partition coefficient (Wildman–Crippen LogP) is 2.95. The zero-order chi connectivity index (χ0) is 26.1. The standard InChI is InChI=1S/C27H31N5O6/c1-35-12-21(33)31-16-4-6-17(7-5-16)32-27(34)18-10-28-25-23(18)29-13-30-24(25)22-19(36-11-15-2-3-15)8-9-20-26(22)38-14-37-20/h8-10,13,15-17,28H,2-7,11-12,14H2,1H3,(H,31,33)(H,32,34)/t16-,17+. The van der Waals surface area contributed by atoms with Crippen molar-refractivity contribution in [1.82, 2.24) is 25.6 Å². The molecule has 2 fully saturated rings. The molecule has 3 heterocycles. The molecule has 38 heavy (non-hydrogen) atoms. The van der Waals surface area contributed by atoms with Gasteiger partial charge in [-0.05, 0) is 56.6 Å². The number of amides is 2. The van der Waals surface area contributed by atoms with Crippen molar-refractivity contribution in [2.24, 2.45) is 5.92 Å². The second kappa shape index (κ2) is 10.5. The van der Waals surface area contributed by atoms with Crippen molar-refractivity contribution in [2.45, 2.75) is 50.6 Å². The number of ether oxygens (including phenoxy) is 4. The van der Waals surface area contributed by atoms with E-state index < -0.39 is 0 Å².